The number of H-pyrrole nitrogens is 1. The van der Waals surface area contributed by atoms with E-state index in [2.05, 4.69) is 15.6 Å². The number of rotatable bonds is 7. The lowest BCUT2D eigenvalue weighted by Crippen LogP contribution is -2.41. The number of aromatic nitrogens is 1. The molecule has 8 heteroatoms. The fourth-order valence-electron chi connectivity index (χ4n) is 3.12. The van der Waals surface area contributed by atoms with Crippen molar-refractivity contribution in [3.8, 4) is 0 Å². The smallest absolute Gasteiger partial charge is 0.319 e. The van der Waals surface area contributed by atoms with Gasteiger partial charge in [0.05, 0.1) is 18.4 Å². The maximum absolute atomic E-state index is 12.4. The number of para-hydroxylation sites is 2. The molecule has 148 valence electrons. The van der Waals surface area contributed by atoms with Gasteiger partial charge >= 0.3 is 6.03 Å². The minimum atomic E-state index is -3.23. The largest absolute Gasteiger partial charge is 0.394 e. The molecule has 0 bridgehead atoms. The molecule has 1 heterocycles. The molecule has 3 rings (SSSR count). The molecule has 28 heavy (non-hydrogen) atoms. The van der Waals surface area contributed by atoms with Gasteiger partial charge in [-0.05, 0) is 29.7 Å². The van der Waals surface area contributed by atoms with Crippen molar-refractivity contribution in [2.45, 2.75) is 18.2 Å². The molecule has 4 N–H and O–H groups in total. The number of amides is 2. The number of carbonyl (C=O) groups excluding carboxylic acids is 1. The van der Waals surface area contributed by atoms with Crippen LogP contribution in [0.3, 0.4) is 0 Å². The van der Waals surface area contributed by atoms with Gasteiger partial charge in [-0.1, -0.05) is 36.4 Å². The van der Waals surface area contributed by atoms with E-state index < -0.39 is 21.9 Å². The van der Waals surface area contributed by atoms with E-state index in [4.69, 9.17) is 0 Å². The van der Waals surface area contributed by atoms with Gasteiger partial charge in [-0.3, -0.25) is 0 Å². The Bertz CT molecular complexity index is 1080. The number of fused-ring (bicyclic) bond motifs is 1. The Morgan fingerprint density at radius 1 is 1.11 bits per heavy atom. The molecule has 2 amide bonds. The lowest BCUT2D eigenvalue weighted by Gasteiger charge is -2.17. The number of carbonyl (C=O) groups is 1. The van der Waals surface area contributed by atoms with Gasteiger partial charge in [0.25, 0.3) is 0 Å². The molecule has 2 aromatic carbocycles. The number of hydrogen-bond donors (Lipinski definition) is 4. The van der Waals surface area contributed by atoms with Crippen LogP contribution in [-0.2, 0) is 22.0 Å². The van der Waals surface area contributed by atoms with Crippen LogP contribution in [0.1, 0.15) is 11.1 Å². The fraction of sp³-hybridized carbons (Fsp3) is 0.250. The summed E-state index contributed by atoms with van der Waals surface area (Å²) in [5.74, 6) is -0.164. The first-order valence-corrected chi connectivity index (χ1v) is 10.9. The highest BCUT2D eigenvalue weighted by molar-refractivity contribution is 7.89. The molecule has 0 radical (unpaired) electrons. The van der Waals surface area contributed by atoms with Crippen molar-refractivity contribution >= 4 is 32.5 Å². The number of benzene rings is 2. The van der Waals surface area contributed by atoms with Crippen molar-refractivity contribution in [3.05, 3.63) is 65.9 Å². The minimum absolute atomic E-state index is 0.164. The summed E-state index contributed by atoms with van der Waals surface area (Å²) in [6.07, 6.45) is 3.47. The summed E-state index contributed by atoms with van der Waals surface area (Å²) in [4.78, 5) is 15.6. The highest BCUT2D eigenvalue weighted by Gasteiger charge is 2.16. The van der Waals surface area contributed by atoms with Crippen LogP contribution < -0.4 is 10.6 Å². The molecule has 0 aliphatic carbocycles. The predicted molar refractivity (Wildman–Crippen MR) is 110 cm³/mol. The summed E-state index contributed by atoms with van der Waals surface area (Å²) in [5.41, 5.74) is 2.92. The third-order valence-electron chi connectivity index (χ3n) is 4.38. The molecule has 1 aromatic heterocycles. The Labute approximate surface area is 163 Å². The Morgan fingerprint density at radius 2 is 1.82 bits per heavy atom. The molecule has 0 saturated carbocycles. The van der Waals surface area contributed by atoms with E-state index in [1.165, 1.54) is 0 Å². The van der Waals surface area contributed by atoms with Gasteiger partial charge in [-0.2, -0.15) is 0 Å². The van der Waals surface area contributed by atoms with Crippen LogP contribution in [0.2, 0.25) is 0 Å². The average Bonchev–Trinajstić information content (AvgIpc) is 3.04. The summed E-state index contributed by atoms with van der Waals surface area (Å²) < 4.78 is 23.2. The molecule has 1 atom stereocenters. The Balaban J connectivity index is 1.68. The third kappa shape index (κ3) is 5.11. The van der Waals surface area contributed by atoms with Gasteiger partial charge in [0, 0.05) is 29.0 Å². The van der Waals surface area contributed by atoms with Gasteiger partial charge in [0.15, 0.2) is 9.84 Å². The normalized spacial score (nSPS) is 12.6. The van der Waals surface area contributed by atoms with Crippen molar-refractivity contribution in [1.29, 1.82) is 0 Å². The summed E-state index contributed by atoms with van der Waals surface area (Å²) >= 11 is 0. The third-order valence-corrected chi connectivity index (χ3v) is 5.22. The number of aliphatic hydroxyl groups is 1. The van der Waals surface area contributed by atoms with Crippen LogP contribution >= 0.6 is 0 Å². The van der Waals surface area contributed by atoms with Gasteiger partial charge in [-0.25, -0.2) is 13.2 Å². The molecule has 0 saturated heterocycles. The zero-order valence-corrected chi connectivity index (χ0v) is 16.3. The van der Waals surface area contributed by atoms with E-state index in [0.29, 0.717) is 17.7 Å². The van der Waals surface area contributed by atoms with E-state index in [-0.39, 0.29) is 12.4 Å². The maximum Gasteiger partial charge on any atom is 0.319 e. The number of urea groups is 1. The summed E-state index contributed by atoms with van der Waals surface area (Å²) in [6.45, 7) is -0.224. The second kappa shape index (κ2) is 8.45. The highest BCUT2D eigenvalue weighted by Crippen LogP contribution is 2.20. The number of nitrogens with one attached hydrogen (secondary N) is 3. The predicted octanol–water partition coefficient (Wildman–Crippen LogP) is 2.44. The zero-order valence-electron chi connectivity index (χ0n) is 15.5. The minimum Gasteiger partial charge on any atom is -0.394 e. The van der Waals surface area contributed by atoms with Crippen molar-refractivity contribution in [2.75, 3.05) is 18.2 Å². The van der Waals surface area contributed by atoms with Crippen LogP contribution in [-0.4, -0.2) is 43.4 Å². The van der Waals surface area contributed by atoms with E-state index in [0.717, 1.165) is 22.7 Å². The number of aliphatic hydroxyl groups excluding tert-OH is 1. The molecule has 3 aromatic rings. The second-order valence-electron chi connectivity index (χ2n) is 6.77. The van der Waals surface area contributed by atoms with Gasteiger partial charge in [0.2, 0.25) is 0 Å². The van der Waals surface area contributed by atoms with Crippen molar-refractivity contribution < 1.29 is 18.3 Å². The monoisotopic (exact) mass is 401 g/mol. The van der Waals surface area contributed by atoms with Crippen molar-refractivity contribution in [3.63, 3.8) is 0 Å². The first-order chi connectivity index (χ1) is 13.4. The van der Waals surface area contributed by atoms with E-state index in [9.17, 15) is 18.3 Å². The van der Waals surface area contributed by atoms with Crippen LogP contribution in [0.25, 0.3) is 10.9 Å². The second-order valence-corrected chi connectivity index (χ2v) is 8.91. The first-order valence-electron chi connectivity index (χ1n) is 8.84. The number of sulfone groups is 1. The quantitative estimate of drug-likeness (QED) is 0.487. The van der Waals surface area contributed by atoms with Gasteiger partial charge in [0.1, 0.15) is 0 Å². The number of anilines is 1. The van der Waals surface area contributed by atoms with Crippen LogP contribution in [0.5, 0.6) is 0 Å². The molecular weight excluding hydrogens is 378 g/mol. The number of aromatic amines is 1. The summed E-state index contributed by atoms with van der Waals surface area (Å²) in [6, 6.07) is 13.6. The zero-order chi connectivity index (χ0) is 20.1. The molecule has 0 spiro atoms. The first kappa shape index (κ1) is 19.9. The topological polar surface area (TPSA) is 111 Å². The lowest BCUT2D eigenvalue weighted by molar-refractivity contribution is 0.224. The maximum atomic E-state index is 12.4. The van der Waals surface area contributed by atoms with Crippen molar-refractivity contribution in [1.82, 2.24) is 10.3 Å². The van der Waals surface area contributed by atoms with E-state index in [1.54, 1.807) is 24.3 Å². The number of hydrogen-bond acceptors (Lipinski definition) is 4. The Hall–Kier alpha value is -2.84. The van der Waals surface area contributed by atoms with E-state index >= 15 is 0 Å². The molecule has 0 aliphatic heterocycles. The Kier molecular flexibility index (Phi) is 6.01. The van der Waals surface area contributed by atoms with Crippen molar-refractivity contribution in [2.24, 2.45) is 0 Å². The van der Waals surface area contributed by atoms with Crippen LogP contribution in [0.15, 0.2) is 54.7 Å². The summed E-state index contributed by atoms with van der Waals surface area (Å²) in [7, 11) is -3.23. The molecule has 7 nitrogen and oxygen atoms in total. The van der Waals surface area contributed by atoms with E-state index in [1.807, 2.05) is 30.5 Å². The van der Waals surface area contributed by atoms with Crippen LogP contribution in [0.4, 0.5) is 10.5 Å². The summed E-state index contributed by atoms with van der Waals surface area (Å²) in [5, 5.41) is 16.2. The highest BCUT2D eigenvalue weighted by atomic mass is 32.2. The molecule has 0 fully saturated rings. The average molecular weight is 401 g/mol. The fourth-order valence-corrected chi connectivity index (χ4v) is 3.94. The van der Waals surface area contributed by atoms with Gasteiger partial charge < -0.3 is 20.7 Å². The van der Waals surface area contributed by atoms with Crippen LogP contribution in [0, 0.1) is 0 Å². The standard InChI is InChI=1S/C20H23N3O4S/c1-28(26,27)13-14-6-2-4-8-18(14)23-20(25)22-16(12-24)10-15-11-21-19-9-5-3-7-17(15)19/h2-9,11,16,21,24H,10,12-13H2,1H3,(H2,22,23,25). The lowest BCUT2D eigenvalue weighted by atomic mass is 10.1. The molecule has 0 aliphatic rings. The molecular formula is C20H23N3O4S. The Morgan fingerprint density at radius 3 is 2.57 bits per heavy atom. The molecule has 1 unspecified atom stereocenters. The SMILES string of the molecule is CS(=O)(=O)Cc1ccccc1NC(=O)NC(CO)Cc1c[nH]c2ccccc12. The van der Waals surface area contributed by atoms with Gasteiger partial charge in [-0.15, -0.1) is 0 Å².